The SMILES string of the molecule is O=S(=O)(O)SCCC1CCC(CCSS(=O)(=O)O)C(CCSS(=O)(=O)O)C1. The standard InChI is InChI=1S/C12H24O9S6/c13-25(14,15)22-6-3-10-1-2-11(4-7-23-26(16,17)18)12(9-10)5-8-24-27(19,20)21/h10-12H,1-9H2,(H,13,14,15)(H,16,17,18)(H,19,20,21). The molecule has 0 spiro atoms. The van der Waals surface area contributed by atoms with Crippen LogP contribution in [0.25, 0.3) is 0 Å². The molecule has 3 unspecified atom stereocenters. The van der Waals surface area contributed by atoms with Gasteiger partial charge in [-0.1, -0.05) is 6.42 Å². The first-order valence-electron chi connectivity index (χ1n) is 8.10. The largest absolute Gasteiger partial charge is 0.319 e. The minimum Gasteiger partial charge on any atom is -0.277 e. The van der Waals surface area contributed by atoms with Gasteiger partial charge in [0.25, 0.3) is 0 Å². The highest BCUT2D eigenvalue weighted by Gasteiger charge is 2.30. The zero-order valence-electron chi connectivity index (χ0n) is 14.3. The van der Waals surface area contributed by atoms with Crippen molar-refractivity contribution >= 4 is 59.8 Å². The second kappa shape index (κ2) is 11.2. The highest BCUT2D eigenvalue weighted by atomic mass is 33.2. The van der Waals surface area contributed by atoms with Crippen LogP contribution < -0.4 is 0 Å². The Hall–Kier alpha value is 0.780. The van der Waals surface area contributed by atoms with Gasteiger partial charge in [0.05, 0.1) is 0 Å². The van der Waals surface area contributed by atoms with Crippen molar-refractivity contribution in [3.05, 3.63) is 0 Å². The summed E-state index contributed by atoms with van der Waals surface area (Å²) in [5.74, 6) is 1.19. The third-order valence-corrected chi connectivity index (χ3v) is 10.7. The van der Waals surface area contributed by atoms with Crippen LogP contribution in [0.15, 0.2) is 0 Å². The first-order chi connectivity index (χ1) is 12.3. The number of hydrogen-bond donors (Lipinski definition) is 3. The van der Waals surface area contributed by atoms with Gasteiger partial charge < -0.3 is 0 Å². The Bertz CT molecular complexity index is 761. The smallest absolute Gasteiger partial charge is 0.277 e. The predicted molar refractivity (Wildman–Crippen MR) is 110 cm³/mol. The van der Waals surface area contributed by atoms with Crippen molar-refractivity contribution in [3.8, 4) is 0 Å². The summed E-state index contributed by atoms with van der Waals surface area (Å²) in [7, 11) is -10.9. The van der Waals surface area contributed by atoms with E-state index in [1.54, 1.807) is 0 Å². The maximum atomic E-state index is 10.9. The van der Waals surface area contributed by atoms with E-state index in [4.69, 9.17) is 13.7 Å². The molecule has 3 N–H and O–H groups in total. The average Bonchev–Trinajstić information content (AvgIpc) is 2.45. The summed E-state index contributed by atoms with van der Waals surface area (Å²) in [5, 5.41) is 0. The molecule has 15 heteroatoms. The summed E-state index contributed by atoms with van der Waals surface area (Å²) in [4.78, 5) is 0. The van der Waals surface area contributed by atoms with Gasteiger partial charge in [-0.05, 0) is 82.2 Å². The molecule has 0 aromatic rings. The maximum Gasteiger partial charge on any atom is 0.319 e. The van der Waals surface area contributed by atoms with Crippen molar-refractivity contribution in [1.29, 1.82) is 0 Å². The van der Waals surface area contributed by atoms with Gasteiger partial charge in [-0.3, -0.25) is 13.7 Å². The molecule has 9 nitrogen and oxygen atoms in total. The second-order valence-corrected chi connectivity index (χ2v) is 16.7. The lowest BCUT2D eigenvalue weighted by Gasteiger charge is -2.36. The molecule has 0 aromatic heterocycles. The summed E-state index contributed by atoms with van der Waals surface area (Å²) >= 11 is 0. The van der Waals surface area contributed by atoms with Gasteiger partial charge in [0, 0.05) is 17.3 Å². The molecular formula is C12H24O9S6. The lowest BCUT2D eigenvalue weighted by Crippen LogP contribution is -2.26. The minimum absolute atomic E-state index is 0.107. The van der Waals surface area contributed by atoms with Gasteiger partial charge >= 0.3 is 27.5 Å². The van der Waals surface area contributed by atoms with Gasteiger partial charge in [0.15, 0.2) is 0 Å². The molecule has 1 aliphatic carbocycles. The molecule has 0 aliphatic heterocycles. The van der Waals surface area contributed by atoms with E-state index in [1.807, 2.05) is 0 Å². The van der Waals surface area contributed by atoms with Crippen LogP contribution in [0, 0.1) is 17.8 Å². The van der Waals surface area contributed by atoms with Gasteiger partial charge in [0.1, 0.15) is 0 Å². The van der Waals surface area contributed by atoms with Crippen LogP contribution >= 0.6 is 32.4 Å². The number of rotatable bonds is 12. The summed E-state index contributed by atoms with van der Waals surface area (Å²) in [6, 6.07) is 0. The van der Waals surface area contributed by atoms with Crippen LogP contribution in [0.2, 0.25) is 0 Å². The fourth-order valence-corrected chi connectivity index (χ4v) is 7.97. The first-order valence-corrected chi connectivity index (χ1v) is 16.9. The monoisotopic (exact) mass is 504 g/mol. The third-order valence-electron chi connectivity index (χ3n) is 4.45. The van der Waals surface area contributed by atoms with Crippen molar-refractivity contribution < 1.29 is 38.9 Å². The molecule has 0 bridgehead atoms. The summed E-state index contributed by atoms with van der Waals surface area (Å²) in [5.41, 5.74) is 0. The Morgan fingerprint density at radius 2 is 1.04 bits per heavy atom. The highest BCUT2D eigenvalue weighted by Crippen LogP contribution is 2.41. The Morgan fingerprint density at radius 1 is 0.630 bits per heavy atom. The first kappa shape index (κ1) is 25.8. The summed E-state index contributed by atoms with van der Waals surface area (Å²) in [6.07, 6.45) is 4.02. The lowest BCUT2D eigenvalue weighted by molar-refractivity contribution is 0.169. The lowest BCUT2D eigenvalue weighted by atomic mass is 9.71. The van der Waals surface area contributed by atoms with E-state index in [9.17, 15) is 25.3 Å². The van der Waals surface area contributed by atoms with E-state index >= 15 is 0 Å². The molecule has 1 saturated carbocycles. The van der Waals surface area contributed by atoms with E-state index in [2.05, 4.69) is 0 Å². The second-order valence-electron chi connectivity index (χ2n) is 6.31. The van der Waals surface area contributed by atoms with Gasteiger partial charge in [-0.15, -0.1) is 0 Å². The van der Waals surface area contributed by atoms with Crippen molar-refractivity contribution in [2.24, 2.45) is 17.8 Å². The van der Waals surface area contributed by atoms with Crippen LogP contribution in [0.5, 0.6) is 0 Å². The zero-order valence-corrected chi connectivity index (χ0v) is 19.2. The molecule has 27 heavy (non-hydrogen) atoms. The van der Waals surface area contributed by atoms with Crippen LogP contribution in [-0.2, 0) is 27.5 Å². The van der Waals surface area contributed by atoms with Gasteiger partial charge in [-0.25, -0.2) is 0 Å². The Kier molecular flexibility index (Phi) is 10.8. The Balaban J connectivity index is 2.59. The van der Waals surface area contributed by atoms with Crippen LogP contribution in [0.1, 0.15) is 38.5 Å². The number of hydrogen-bond acceptors (Lipinski definition) is 9. The van der Waals surface area contributed by atoms with E-state index in [-0.39, 0.29) is 35.0 Å². The van der Waals surface area contributed by atoms with Crippen molar-refractivity contribution in [2.75, 3.05) is 17.3 Å². The van der Waals surface area contributed by atoms with Gasteiger partial charge in [0.2, 0.25) is 0 Å². The molecule has 1 fully saturated rings. The normalized spacial score (nSPS) is 24.8. The fraction of sp³-hybridized carbons (Fsp3) is 1.00. The van der Waals surface area contributed by atoms with Crippen molar-refractivity contribution in [1.82, 2.24) is 0 Å². The van der Waals surface area contributed by atoms with E-state index < -0.39 is 27.5 Å². The Morgan fingerprint density at radius 3 is 1.48 bits per heavy atom. The molecule has 0 amide bonds. The fourth-order valence-electron chi connectivity index (χ4n) is 3.35. The average molecular weight is 505 g/mol. The van der Waals surface area contributed by atoms with E-state index in [1.165, 1.54) is 0 Å². The van der Waals surface area contributed by atoms with Crippen molar-refractivity contribution in [2.45, 2.75) is 38.5 Å². The van der Waals surface area contributed by atoms with E-state index in [0.717, 1.165) is 19.3 Å². The maximum absolute atomic E-state index is 10.9. The van der Waals surface area contributed by atoms with E-state index in [0.29, 0.717) is 51.6 Å². The molecule has 0 saturated heterocycles. The third kappa shape index (κ3) is 13.6. The summed E-state index contributed by atoms with van der Waals surface area (Å²) < 4.78 is 91.4. The molecule has 1 rings (SSSR count). The van der Waals surface area contributed by atoms with Crippen molar-refractivity contribution in [3.63, 3.8) is 0 Å². The molecule has 0 heterocycles. The molecule has 162 valence electrons. The quantitative estimate of drug-likeness (QED) is 0.263. The van der Waals surface area contributed by atoms with Crippen LogP contribution in [0.3, 0.4) is 0 Å². The molecule has 0 radical (unpaired) electrons. The molecular weight excluding hydrogens is 481 g/mol. The van der Waals surface area contributed by atoms with Gasteiger partial charge in [-0.2, -0.15) is 25.3 Å². The molecule has 3 atom stereocenters. The highest BCUT2D eigenvalue weighted by molar-refractivity contribution is 8.70. The van der Waals surface area contributed by atoms with Crippen LogP contribution in [-0.4, -0.2) is 56.2 Å². The Labute approximate surface area is 171 Å². The topological polar surface area (TPSA) is 163 Å². The minimum atomic E-state index is -4.12. The summed E-state index contributed by atoms with van der Waals surface area (Å²) in [6.45, 7) is 0. The zero-order chi connectivity index (χ0) is 20.7. The van der Waals surface area contributed by atoms with Crippen LogP contribution in [0.4, 0.5) is 0 Å². The molecule has 0 aromatic carbocycles. The predicted octanol–water partition coefficient (Wildman–Crippen LogP) is 2.80. The molecule has 1 aliphatic rings.